The summed E-state index contributed by atoms with van der Waals surface area (Å²) in [6.07, 6.45) is 6.02. The van der Waals surface area contributed by atoms with Crippen molar-refractivity contribution in [2.75, 3.05) is 6.61 Å². The van der Waals surface area contributed by atoms with E-state index in [-0.39, 0.29) is 29.3 Å². The van der Waals surface area contributed by atoms with Crippen LogP contribution in [0.5, 0.6) is 0 Å². The quantitative estimate of drug-likeness (QED) is 0.681. The smallest absolute Gasteiger partial charge is 0.306 e. The Labute approximate surface area is 178 Å². The zero-order valence-corrected chi connectivity index (χ0v) is 18.3. The highest BCUT2D eigenvalue weighted by molar-refractivity contribution is 5.95. The lowest BCUT2D eigenvalue weighted by Gasteiger charge is -2.59. The second kappa shape index (κ2) is 7.27. The van der Waals surface area contributed by atoms with E-state index in [4.69, 9.17) is 4.74 Å². The van der Waals surface area contributed by atoms with Crippen LogP contribution in [-0.2, 0) is 19.1 Å². The molecule has 4 rings (SSSR count). The fourth-order valence-electron chi connectivity index (χ4n) is 7.69. The van der Waals surface area contributed by atoms with Gasteiger partial charge in [-0.1, -0.05) is 26.3 Å². The lowest BCUT2D eigenvalue weighted by molar-refractivity contribution is -0.191. The summed E-state index contributed by atoms with van der Waals surface area (Å²) in [5.41, 5.74) is -0.789. The van der Waals surface area contributed by atoms with Crippen molar-refractivity contribution in [1.29, 1.82) is 0 Å². The van der Waals surface area contributed by atoms with Crippen LogP contribution in [0.25, 0.3) is 0 Å². The topological polar surface area (TPSA) is 101 Å². The Bertz CT molecular complexity index is 802. The van der Waals surface area contributed by atoms with Crippen LogP contribution >= 0.6 is 0 Å². The minimum Gasteiger partial charge on any atom is -0.450 e. The minimum atomic E-state index is -1.25. The number of carbonyl (C=O) groups excluding carboxylic acids is 3. The summed E-state index contributed by atoms with van der Waals surface area (Å²) in [5.74, 6) is -0.0594. The Kier molecular flexibility index (Phi) is 5.25. The molecule has 3 saturated carbocycles. The lowest BCUT2D eigenvalue weighted by Crippen LogP contribution is -2.60. The van der Waals surface area contributed by atoms with E-state index in [0.29, 0.717) is 24.7 Å². The number of fused-ring (bicyclic) bond motifs is 5. The minimum absolute atomic E-state index is 0.179. The van der Waals surface area contributed by atoms with E-state index >= 15 is 0 Å². The first kappa shape index (κ1) is 21.7. The fraction of sp³-hybridized carbons (Fsp3) is 0.792. The Morgan fingerprint density at radius 2 is 1.87 bits per heavy atom. The molecular formula is C24H34O6. The molecule has 7 atom stereocenters. The van der Waals surface area contributed by atoms with Crippen LogP contribution in [0.3, 0.4) is 0 Å². The molecule has 0 bridgehead atoms. The molecule has 0 saturated heterocycles. The van der Waals surface area contributed by atoms with Crippen LogP contribution < -0.4 is 0 Å². The third kappa shape index (κ3) is 2.79. The molecule has 6 nitrogen and oxygen atoms in total. The molecule has 30 heavy (non-hydrogen) atoms. The highest BCUT2D eigenvalue weighted by Crippen LogP contribution is 2.68. The van der Waals surface area contributed by atoms with Crippen LogP contribution in [0.1, 0.15) is 72.1 Å². The van der Waals surface area contributed by atoms with Gasteiger partial charge in [0.1, 0.15) is 12.7 Å². The maximum absolute atomic E-state index is 13.0. The Hall–Kier alpha value is -1.53. The van der Waals surface area contributed by atoms with Gasteiger partial charge in [0.2, 0.25) is 5.78 Å². The molecule has 0 spiro atoms. The van der Waals surface area contributed by atoms with Crippen LogP contribution in [0, 0.1) is 28.6 Å². The first-order valence-corrected chi connectivity index (χ1v) is 11.4. The van der Waals surface area contributed by atoms with Gasteiger partial charge in [0.15, 0.2) is 11.4 Å². The van der Waals surface area contributed by atoms with Gasteiger partial charge in [0.05, 0.1) is 0 Å². The van der Waals surface area contributed by atoms with Crippen molar-refractivity contribution in [3.63, 3.8) is 0 Å². The Balaban J connectivity index is 1.70. The zero-order chi connectivity index (χ0) is 21.9. The predicted octanol–water partition coefficient (Wildman–Crippen LogP) is 2.74. The van der Waals surface area contributed by atoms with E-state index in [1.54, 1.807) is 13.0 Å². The molecule has 0 aromatic heterocycles. The molecule has 3 fully saturated rings. The van der Waals surface area contributed by atoms with Gasteiger partial charge in [0.25, 0.3) is 0 Å². The summed E-state index contributed by atoms with van der Waals surface area (Å²) in [6.45, 7) is 5.36. The largest absolute Gasteiger partial charge is 0.450 e. The van der Waals surface area contributed by atoms with E-state index in [9.17, 15) is 24.6 Å². The molecule has 0 heterocycles. The fourth-order valence-corrected chi connectivity index (χ4v) is 7.69. The first-order chi connectivity index (χ1) is 14.1. The Morgan fingerprint density at radius 1 is 1.17 bits per heavy atom. The van der Waals surface area contributed by atoms with E-state index < -0.39 is 29.7 Å². The third-order valence-electron chi connectivity index (χ3n) is 9.29. The monoisotopic (exact) mass is 418 g/mol. The van der Waals surface area contributed by atoms with Gasteiger partial charge in [-0.25, -0.2) is 0 Å². The van der Waals surface area contributed by atoms with Crippen molar-refractivity contribution in [3.05, 3.63) is 11.6 Å². The normalized spacial score (nSPS) is 45.1. The average molecular weight is 419 g/mol. The number of hydrogen-bond donors (Lipinski definition) is 2. The van der Waals surface area contributed by atoms with Crippen LogP contribution in [0.15, 0.2) is 11.6 Å². The van der Waals surface area contributed by atoms with Crippen molar-refractivity contribution < 1.29 is 29.3 Å². The summed E-state index contributed by atoms with van der Waals surface area (Å²) < 4.78 is 5.87. The number of aliphatic hydroxyl groups excluding tert-OH is 2. The third-order valence-corrected chi connectivity index (χ3v) is 9.29. The molecule has 4 aliphatic carbocycles. The molecule has 0 aromatic rings. The number of esters is 1. The van der Waals surface area contributed by atoms with Gasteiger partial charge in [0, 0.05) is 11.8 Å². The number of Topliss-reactive ketones (excluding diaryl/α,β-unsaturated/α-hetero) is 1. The highest BCUT2D eigenvalue weighted by atomic mass is 16.6. The highest BCUT2D eigenvalue weighted by Gasteiger charge is 2.68. The van der Waals surface area contributed by atoms with Crippen molar-refractivity contribution >= 4 is 17.5 Å². The number of carbonyl (C=O) groups is 3. The first-order valence-electron chi connectivity index (χ1n) is 11.4. The van der Waals surface area contributed by atoms with Gasteiger partial charge >= 0.3 is 5.97 Å². The molecule has 0 unspecified atom stereocenters. The maximum atomic E-state index is 13.0. The van der Waals surface area contributed by atoms with Gasteiger partial charge in [-0.3, -0.25) is 14.4 Å². The molecule has 0 aliphatic heterocycles. The van der Waals surface area contributed by atoms with Crippen LogP contribution in [-0.4, -0.2) is 46.1 Å². The second-order valence-electron chi connectivity index (χ2n) is 10.4. The maximum Gasteiger partial charge on any atom is 0.306 e. The van der Waals surface area contributed by atoms with Gasteiger partial charge in [-0.05, 0) is 74.2 Å². The van der Waals surface area contributed by atoms with Crippen molar-refractivity contribution in [2.24, 2.45) is 28.6 Å². The van der Waals surface area contributed by atoms with Crippen molar-refractivity contribution in [3.8, 4) is 0 Å². The molecule has 2 N–H and O–H groups in total. The number of hydrogen-bond acceptors (Lipinski definition) is 6. The molecule has 0 radical (unpaired) electrons. The average Bonchev–Trinajstić information content (AvgIpc) is 3.01. The molecule has 4 aliphatic rings. The number of rotatable bonds is 4. The molecule has 6 heteroatoms. The van der Waals surface area contributed by atoms with E-state index in [1.807, 2.05) is 0 Å². The SMILES string of the molecule is CCC(=O)O[C@]1(C(=O)CO)CC[C@H]2[C@@H]3CCC4=CC(=O)[C@H](O)C[C@]4(C)[C@H]3CC[C@@]21C. The summed E-state index contributed by atoms with van der Waals surface area (Å²) in [7, 11) is 0. The van der Waals surface area contributed by atoms with Crippen LogP contribution in [0.2, 0.25) is 0 Å². The summed E-state index contributed by atoms with van der Waals surface area (Å²) in [5, 5.41) is 20.0. The standard InChI is InChI=1S/C24H34O6/c1-4-21(29)30-24(20(28)13-25)10-8-17-15-6-5-14-11-18(26)19(27)12-22(14,2)16(15)7-9-23(17,24)3/h11,15-17,19,25,27H,4-10,12-13H2,1-3H3/t15-,16+,17+,19-,22+,23+,24+/m1/s1. The summed E-state index contributed by atoms with van der Waals surface area (Å²) >= 11 is 0. The van der Waals surface area contributed by atoms with E-state index in [2.05, 4.69) is 13.8 Å². The van der Waals surface area contributed by atoms with Gasteiger partial charge in [-0.15, -0.1) is 0 Å². The van der Waals surface area contributed by atoms with Gasteiger partial charge < -0.3 is 14.9 Å². The summed E-state index contributed by atoms with van der Waals surface area (Å²) in [4.78, 5) is 37.3. The number of ketones is 2. The molecule has 166 valence electrons. The van der Waals surface area contributed by atoms with Gasteiger partial charge in [-0.2, -0.15) is 0 Å². The Morgan fingerprint density at radius 3 is 2.53 bits per heavy atom. The molecule has 0 aromatic carbocycles. The van der Waals surface area contributed by atoms with Crippen molar-refractivity contribution in [2.45, 2.75) is 83.8 Å². The number of aliphatic hydroxyl groups is 2. The van der Waals surface area contributed by atoms with E-state index in [0.717, 1.165) is 37.7 Å². The van der Waals surface area contributed by atoms with Crippen molar-refractivity contribution in [1.82, 2.24) is 0 Å². The van der Waals surface area contributed by atoms with Crippen LogP contribution in [0.4, 0.5) is 0 Å². The number of ether oxygens (including phenoxy) is 1. The molecule has 0 amide bonds. The lowest BCUT2D eigenvalue weighted by atomic mass is 9.46. The second-order valence-corrected chi connectivity index (χ2v) is 10.4. The predicted molar refractivity (Wildman–Crippen MR) is 109 cm³/mol. The van der Waals surface area contributed by atoms with E-state index in [1.165, 1.54) is 0 Å². The molecular weight excluding hydrogens is 384 g/mol. The zero-order valence-electron chi connectivity index (χ0n) is 18.3. The summed E-state index contributed by atoms with van der Waals surface area (Å²) in [6, 6.07) is 0. The number of allylic oxidation sites excluding steroid dienone is 1.